The predicted molar refractivity (Wildman–Crippen MR) is 158 cm³/mol. The van der Waals surface area contributed by atoms with Crippen LogP contribution in [0.5, 0.6) is 5.75 Å². The van der Waals surface area contributed by atoms with E-state index in [0.717, 1.165) is 21.0 Å². The fraction of sp³-hybridized carbons (Fsp3) is 0.355. The minimum atomic E-state index is -4.11. The molecule has 0 aliphatic heterocycles. The van der Waals surface area contributed by atoms with Gasteiger partial charge < -0.3 is 15.0 Å². The van der Waals surface area contributed by atoms with Crippen molar-refractivity contribution in [3.63, 3.8) is 0 Å². The minimum absolute atomic E-state index is 0.0799. The van der Waals surface area contributed by atoms with E-state index >= 15 is 0 Å². The molecule has 8 nitrogen and oxygen atoms in total. The molecule has 214 valence electrons. The van der Waals surface area contributed by atoms with Crippen LogP contribution in [0, 0.1) is 13.8 Å². The molecule has 0 spiro atoms. The van der Waals surface area contributed by atoms with Crippen molar-refractivity contribution in [2.75, 3.05) is 18.0 Å². The fourth-order valence-corrected chi connectivity index (χ4v) is 5.82. The van der Waals surface area contributed by atoms with Crippen LogP contribution >= 0.6 is 0 Å². The maximum absolute atomic E-state index is 14.1. The number of benzene rings is 3. The first kappa shape index (κ1) is 30.7. The Kier molecular flexibility index (Phi) is 10.3. The normalized spacial score (nSPS) is 12.1. The number of amides is 2. The van der Waals surface area contributed by atoms with Gasteiger partial charge in [0.05, 0.1) is 17.7 Å². The third-order valence-corrected chi connectivity index (χ3v) is 8.27. The summed E-state index contributed by atoms with van der Waals surface area (Å²) in [5.41, 5.74) is 2.90. The molecule has 0 heterocycles. The Labute approximate surface area is 238 Å². The molecule has 9 heteroatoms. The van der Waals surface area contributed by atoms with Crippen LogP contribution in [-0.2, 0) is 26.2 Å². The molecule has 0 aromatic heterocycles. The molecule has 0 saturated carbocycles. The van der Waals surface area contributed by atoms with Crippen molar-refractivity contribution in [1.82, 2.24) is 10.2 Å². The number of sulfonamides is 1. The summed E-state index contributed by atoms with van der Waals surface area (Å²) in [6.07, 6.45) is 0.351. The Morgan fingerprint density at radius 1 is 0.925 bits per heavy atom. The molecule has 0 fully saturated rings. The highest BCUT2D eigenvalue weighted by molar-refractivity contribution is 7.92. The van der Waals surface area contributed by atoms with Crippen molar-refractivity contribution in [1.29, 1.82) is 0 Å². The molecule has 1 atom stereocenters. The molecule has 40 heavy (non-hydrogen) atoms. The van der Waals surface area contributed by atoms with Crippen LogP contribution in [0.15, 0.2) is 77.7 Å². The molecule has 0 bridgehead atoms. The number of rotatable bonds is 12. The first-order chi connectivity index (χ1) is 19.0. The molecule has 0 saturated heterocycles. The lowest BCUT2D eigenvalue weighted by atomic mass is 10.1. The van der Waals surface area contributed by atoms with Gasteiger partial charge in [-0.05, 0) is 81.6 Å². The molecular formula is C31H39N3O5S. The summed E-state index contributed by atoms with van der Waals surface area (Å²) in [6, 6.07) is 19.9. The van der Waals surface area contributed by atoms with Gasteiger partial charge in [-0.15, -0.1) is 0 Å². The van der Waals surface area contributed by atoms with Crippen molar-refractivity contribution < 1.29 is 22.7 Å². The Bertz CT molecular complexity index is 1420. The molecule has 3 aromatic carbocycles. The molecule has 0 aliphatic rings. The lowest BCUT2D eigenvalue weighted by Crippen LogP contribution is -2.53. The third kappa shape index (κ3) is 7.63. The van der Waals surface area contributed by atoms with Crippen LogP contribution in [0.3, 0.4) is 0 Å². The zero-order valence-electron chi connectivity index (χ0n) is 24.0. The molecule has 2 amide bonds. The van der Waals surface area contributed by atoms with Crippen molar-refractivity contribution in [3.05, 3.63) is 89.5 Å². The Balaban J connectivity index is 2.07. The molecule has 1 unspecified atom stereocenters. The van der Waals surface area contributed by atoms with Crippen LogP contribution in [0.2, 0.25) is 0 Å². The highest BCUT2D eigenvalue weighted by Gasteiger charge is 2.34. The van der Waals surface area contributed by atoms with Crippen LogP contribution < -0.4 is 14.4 Å². The number of ether oxygens (including phenoxy) is 1. The number of aryl methyl sites for hydroxylation is 2. The van der Waals surface area contributed by atoms with E-state index in [-0.39, 0.29) is 23.4 Å². The minimum Gasteiger partial charge on any atom is -0.497 e. The van der Waals surface area contributed by atoms with Gasteiger partial charge in [0.2, 0.25) is 11.8 Å². The molecule has 0 radical (unpaired) electrons. The topological polar surface area (TPSA) is 96.0 Å². The van der Waals surface area contributed by atoms with E-state index in [1.807, 2.05) is 52.8 Å². The smallest absolute Gasteiger partial charge is 0.264 e. The quantitative estimate of drug-likeness (QED) is 0.339. The lowest BCUT2D eigenvalue weighted by molar-refractivity contribution is -0.140. The van der Waals surface area contributed by atoms with E-state index in [1.165, 1.54) is 17.0 Å². The van der Waals surface area contributed by atoms with Gasteiger partial charge in [-0.3, -0.25) is 13.9 Å². The standard InChI is InChI=1S/C31H39N3O5S/c1-7-29(31(36)32-22(2)3)33(20-25-11-9-13-27(19-25)39-6)30(35)21-34(26-12-8-10-24(5)18-26)40(37,38)28-16-14-23(4)15-17-28/h8-19,22,29H,7,20-21H2,1-6H3,(H,32,36). The third-order valence-electron chi connectivity index (χ3n) is 6.48. The van der Waals surface area contributed by atoms with E-state index < -0.39 is 28.5 Å². The molecule has 3 aromatic rings. The number of hydrogen-bond acceptors (Lipinski definition) is 5. The van der Waals surface area contributed by atoms with Crippen LogP contribution in [-0.4, -0.2) is 50.9 Å². The number of anilines is 1. The van der Waals surface area contributed by atoms with Gasteiger partial charge in [-0.1, -0.05) is 48.9 Å². The molecule has 3 rings (SSSR count). The summed E-state index contributed by atoms with van der Waals surface area (Å²) < 4.78 is 34.3. The average molecular weight is 566 g/mol. The van der Waals surface area contributed by atoms with Gasteiger partial charge >= 0.3 is 0 Å². The largest absolute Gasteiger partial charge is 0.497 e. The second kappa shape index (κ2) is 13.5. The first-order valence-corrected chi connectivity index (χ1v) is 14.8. The van der Waals surface area contributed by atoms with Gasteiger partial charge in [0.1, 0.15) is 18.3 Å². The number of methoxy groups -OCH3 is 1. The van der Waals surface area contributed by atoms with E-state index in [9.17, 15) is 18.0 Å². The summed E-state index contributed by atoms with van der Waals surface area (Å²) in [7, 11) is -2.55. The van der Waals surface area contributed by atoms with E-state index in [1.54, 1.807) is 49.6 Å². The fourth-order valence-electron chi connectivity index (χ4n) is 4.42. The highest BCUT2D eigenvalue weighted by Crippen LogP contribution is 2.26. The van der Waals surface area contributed by atoms with Crippen molar-refractivity contribution in [2.45, 2.75) is 64.6 Å². The Hall–Kier alpha value is -3.85. The summed E-state index contributed by atoms with van der Waals surface area (Å²) in [6.45, 7) is 8.90. The molecule has 0 aliphatic carbocycles. The van der Waals surface area contributed by atoms with E-state index in [2.05, 4.69) is 5.32 Å². The zero-order valence-corrected chi connectivity index (χ0v) is 24.9. The van der Waals surface area contributed by atoms with Gasteiger partial charge in [0.15, 0.2) is 0 Å². The first-order valence-electron chi connectivity index (χ1n) is 13.3. The summed E-state index contributed by atoms with van der Waals surface area (Å²) in [4.78, 5) is 28.9. The van der Waals surface area contributed by atoms with E-state index in [0.29, 0.717) is 17.9 Å². The number of carbonyl (C=O) groups excluding carboxylic acids is 2. The number of nitrogens with one attached hydrogen (secondary N) is 1. The average Bonchev–Trinajstić information content (AvgIpc) is 2.91. The summed E-state index contributed by atoms with van der Waals surface area (Å²) in [5, 5.41) is 2.90. The Morgan fingerprint density at radius 3 is 2.20 bits per heavy atom. The predicted octanol–water partition coefficient (Wildman–Crippen LogP) is 4.84. The number of nitrogens with zero attached hydrogens (tertiary/aromatic N) is 2. The van der Waals surface area contributed by atoms with Crippen LogP contribution in [0.1, 0.15) is 43.9 Å². The van der Waals surface area contributed by atoms with Crippen molar-refractivity contribution in [3.8, 4) is 5.75 Å². The van der Waals surface area contributed by atoms with Crippen molar-refractivity contribution in [2.24, 2.45) is 0 Å². The summed E-state index contributed by atoms with van der Waals surface area (Å²) >= 11 is 0. The van der Waals surface area contributed by atoms with Gasteiger partial charge in [0.25, 0.3) is 10.0 Å². The lowest BCUT2D eigenvalue weighted by Gasteiger charge is -2.33. The Morgan fingerprint density at radius 2 is 1.60 bits per heavy atom. The van der Waals surface area contributed by atoms with Crippen LogP contribution in [0.25, 0.3) is 0 Å². The second-order valence-corrected chi connectivity index (χ2v) is 12.0. The number of hydrogen-bond donors (Lipinski definition) is 1. The van der Waals surface area contributed by atoms with Crippen molar-refractivity contribution >= 4 is 27.5 Å². The maximum atomic E-state index is 14.1. The van der Waals surface area contributed by atoms with Crippen LogP contribution in [0.4, 0.5) is 5.69 Å². The maximum Gasteiger partial charge on any atom is 0.264 e. The molecular weight excluding hydrogens is 526 g/mol. The SMILES string of the molecule is CCC(C(=O)NC(C)C)N(Cc1cccc(OC)c1)C(=O)CN(c1cccc(C)c1)S(=O)(=O)c1ccc(C)cc1. The van der Waals surface area contributed by atoms with E-state index in [4.69, 9.17) is 4.74 Å². The van der Waals surface area contributed by atoms with Gasteiger partial charge in [-0.25, -0.2) is 8.42 Å². The van der Waals surface area contributed by atoms with Gasteiger partial charge in [0, 0.05) is 12.6 Å². The summed E-state index contributed by atoms with van der Waals surface area (Å²) in [5.74, 6) is -0.170. The second-order valence-electron chi connectivity index (χ2n) is 10.1. The number of carbonyl (C=O) groups is 2. The highest BCUT2D eigenvalue weighted by atomic mass is 32.2. The van der Waals surface area contributed by atoms with Gasteiger partial charge in [-0.2, -0.15) is 0 Å². The zero-order chi connectivity index (χ0) is 29.4. The monoisotopic (exact) mass is 565 g/mol. The molecule has 1 N–H and O–H groups in total.